The lowest BCUT2D eigenvalue weighted by Gasteiger charge is -2.12. The molecule has 0 radical (unpaired) electrons. The highest BCUT2D eigenvalue weighted by Gasteiger charge is 2.22. The summed E-state index contributed by atoms with van der Waals surface area (Å²) in [7, 11) is -1.37. The number of carboxylic acid groups (broad SMARTS) is 1. The first-order valence-corrected chi connectivity index (χ1v) is 38.4. The summed E-state index contributed by atoms with van der Waals surface area (Å²) in [4.78, 5) is 60.5. The summed E-state index contributed by atoms with van der Waals surface area (Å²) in [5.74, 6) is 1.95. The Morgan fingerprint density at radius 3 is 0.884 bits per heavy atom. The number of hydrogen-bond donors (Lipinski definition) is 8. The quantitative estimate of drug-likeness (QED) is 0.0395. The average Bonchev–Trinajstić information content (AvgIpc) is 1.07. The van der Waals surface area contributed by atoms with Gasteiger partial charge in [-0.15, -0.1) is 83.9 Å². The summed E-state index contributed by atoms with van der Waals surface area (Å²) in [6, 6.07) is 62.2. The van der Waals surface area contributed by atoms with Gasteiger partial charge < -0.3 is 5.11 Å². The summed E-state index contributed by atoms with van der Waals surface area (Å²) in [6.45, 7) is 7.14. The first-order valence-electron chi connectivity index (χ1n) is 33.3. The third kappa shape index (κ3) is 16.4. The van der Waals surface area contributed by atoms with E-state index in [1.165, 1.54) is 20.3 Å². The van der Waals surface area contributed by atoms with E-state index in [2.05, 4.69) is 230 Å². The molecule has 0 aliphatic carbocycles. The lowest BCUT2D eigenvalue weighted by atomic mass is 10.1. The fourth-order valence-corrected chi connectivity index (χ4v) is 14.6. The zero-order valence-corrected chi connectivity index (χ0v) is 60.7. The second kappa shape index (κ2) is 32.0. The fourth-order valence-electron chi connectivity index (χ4n) is 10.7. The van der Waals surface area contributed by atoms with E-state index in [0.717, 1.165) is 10.4 Å². The van der Waals surface area contributed by atoms with E-state index in [9.17, 15) is 4.79 Å². The van der Waals surface area contributed by atoms with E-state index in [0.29, 0.717) is 149 Å². The van der Waals surface area contributed by atoms with Crippen molar-refractivity contribution in [2.24, 2.45) is 0 Å². The number of aromatic nitrogens is 38. The van der Waals surface area contributed by atoms with Crippen LogP contribution in [0.1, 0.15) is 10.5 Å². The molecular weight excluding hydrogens is 1490 g/mol. The van der Waals surface area contributed by atoms with Gasteiger partial charge in [0.15, 0.2) is 11.6 Å². The Morgan fingerprint density at radius 2 is 0.571 bits per heavy atom. The standard InChI is InChI=1S/C28H23N11S2Si.C17H11N11.C12H8N10.C12H8N6O2/c1-42(2,3)26-13-12-25(41-26)24-11-10-23(40-24)16-14-21(17-6-4-8-19(29-17)27-32-36-37-33-27)31-22(15-16)18-7-5-9-20(30-18)28-34-38-39-35-28;1-4-10(12-6-2-8-14(19-12)16-21-25-26-22-16)18-11(5-1)13-7-3-9-15(20-13)17-23-27-28-24-17;1-3-7(13-9(5-1)11-15-19-20-16-11)8-4-2-6-10(14-8)12-17-21-22-18-12;19-12(20)10-6-2-4-8(14-10)7-3-1-5-9(13-7)11-15-17-18-16-11/h4-15H,1-3H3,(H,32,33,36,37)(H,34,35,38,39);1-9H,(H,21,22,25,26)(H,23,24,27,28);1-6H,(H,15,16,19,20)(H,17,18,21,22);1-6H,(H,19,20)(H,15,16,17,18). The topological polar surface area (TPSA) is 547 Å². The van der Waals surface area contributed by atoms with Crippen molar-refractivity contribution in [2.45, 2.75) is 19.6 Å². The first-order chi connectivity index (χ1) is 54.9. The number of tetrazole rings is 7. The fraction of sp³-hybridized carbons (Fsp3) is 0.0435. The molecule has 0 fully saturated rings. The van der Waals surface area contributed by atoms with Crippen molar-refractivity contribution >= 4 is 41.2 Å². The molecule has 19 aromatic rings. The molecule has 8 N–H and O–H groups in total. The number of H-pyrrole nitrogens is 7. The lowest BCUT2D eigenvalue weighted by Crippen LogP contribution is -2.34. The molecule has 19 heterocycles. The van der Waals surface area contributed by atoms with Gasteiger partial charge in [0.2, 0.25) is 29.1 Å². The molecule has 0 aliphatic rings. The smallest absolute Gasteiger partial charge is 0.354 e. The Kier molecular flexibility index (Phi) is 20.1. The molecule has 0 saturated heterocycles. The van der Waals surface area contributed by atoms with Gasteiger partial charge >= 0.3 is 5.97 Å². The number of rotatable bonds is 17. The molecule has 0 unspecified atom stereocenters. The predicted molar refractivity (Wildman–Crippen MR) is 405 cm³/mol. The minimum absolute atomic E-state index is 0.0331. The normalized spacial score (nSPS) is 11.1. The van der Waals surface area contributed by atoms with Crippen molar-refractivity contribution in [2.75, 3.05) is 0 Å². The Bertz CT molecular complexity index is 6070. The minimum Gasteiger partial charge on any atom is -0.477 e. The minimum atomic E-state index is -1.37. The van der Waals surface area contributed by atoms with Crippen LogP contribution in [0.2, 0.25) is 19.6 Å². The van der Waals surface area contributed by atoms with Gasteiger partial charge in [0.05, 0.1) is 76.4 Å². The van der Waals surface area contributed by atoms with Crippen molar-refractivity contribution in [3.05, 3.63) is 206 Å². The number of hydrogen-bond acceptors (Lipinski definition) is 34. The SMILES string of the molecule is C[Si](C)(C)c1ccc(-c2ccc(-c3cc(-c4cccc(-c5nnn[nH]5)n4)nc(-c4cccc(-c5nnn[nH]5)n4)c3)s2)s1.O=C(O)c1cccc(-c2cccc(-c3nn[nH]n3)n2)n1.c1cc(-c2cccc(-c3nn[nH]n3)n2)nc(-c2cccc(-c3nn[nH]n3)n2)c1.c1cc(-c2cccc(-c3nn[nH]n3)n2)nc(-c2nn[nH]n2)c1. The van der Waals surface area contributed by atoms with Gasteiger partial charge in [0, 0.05) is 14.6 Å². The highest BCUT2D eigenvalue weighted by Crippen LogP contribution is 2.39. The Labute approximate surface area is 636 Å². The number of carboxylic acids is 1. The van der Waals surface area contributed by atoms with Crippen molar-refractivity contribution in [1.82, 2.24) is 194 Å². The zero-order chi connectivity index (χ0) is 76.2. The van der Waals surface area contributed by atoms with E-state index in [1.807, 2.05) is 127 Å². The number of nitrogens with zero attached hydrogens (tertiary/aromatic N) is 31. The van der Waals surface area contributed by atoms with Crippen LogP contribution in [0.25, 0.3) is 169 Å². The Balaban J connectivity index is 0.000000118. The molecule has 19 rings (SSSR count). The largest absolute Gasteiger partial charge is 0.477 e. The zero-order valence-electron chi connectivity index (χ0n) is 58.1. The number of aromatic carboxylic acids is 1. The van der Waals surface area contributed by atoms with Gasteiger partial charge in [-0.05, 0) is 197 Å². The molecule has 0 spiro atoms. The van der Waals surface area contributed by atoms with Crippen molar-refractivity contribution in [3.63, 3.8) is 0 Å². The number of nitrogens with one attached hydrogen (secondary N) is 7. The van der Waals surface area contributed by atoms with Crippen molar-refractivity contribution < 1.29 is 9.90 Å². The second-order valence-corrected chi connectivity index (χ2v) is 31.9. The maximum atomic E-state index is 10.9. The van der Waals surface area contributed by atoms with Crippen molar-refractivity contribution in [1.29, 1.82) is 0 Å². The van der Waals surface area contributed by atoms with Gasteiger partial charge in [-0.2, -0.15) is 26.1 Å². The molecule has 0 saturated carbocycles. The molecule has 43 heteroatoms. The molecule has 0 amide bonds. The van der Waals surface area contributed by atoms with E-state index in [-0.39, 0.29) is 5.69 Å². The number of pyridine rings is 10. The van der Waals surface area contributed by atoms with Crippen LogP contribution in [0.3, 0.4) is 0 Å². The van der Waals surface area contributed by atoms with E-state index in [4.69, 9.17) is 25.0 Å². The summed E-state index contributed by atoms with van der Waals surface area (Å²) in [5.41, 5.74) is 13.2. The number of carbonyl (C=O) groups is 1. The summed E-state index contributed by atoms with van der Waals surface area (Å²) >= 11 is 3.67. The maximum absolute atomic E-state index is 10.9. The van der Waals surface area contributed by atoms with E-state index >= 15 is 0 Å². The molecule has 112 heavy (non-hydrogen) atoms. The van der Waals surface area contributed by atoms with E-state index in [1.54, 1.807) is 53.8 Å². The van der Waals surface area contributed by atoms with Gasteiger partial charge in [0.1, 0.15) is 45.6 Å². The summed E-state index contributed by atoms with van der Waals surface area (Å²) in [6.07, 6.45) is 0. The third-order valence-electron chi connectivity index (χ3n) is 15.9. The molecule has 19 aromatic heterocycles. The van der Waals surface area contributed by atoms with Gasteiger partial charge in [-0.3, -0.25) is 0 Å². The highest BCUT2D eigenvalue weighted by atomic mass is 32.1. The van der Waals surface area contributed by atoms with Crippen LogP contribution >= 0.6 is 22.7 Å². The van der Waals surface area contributed by atoms with Crippen LogP contribution in [0.5, 0.6) is 0 Å². The Hall–Kier alpha value is -15.9. The highest BCUT2D eigenvalue weighted by molar-refractivity contribution is 7.31. The van der Waals surface area contributed by atoms with Crippen LogP contribution < -0.4 is 4.50 Å². The van der Waals surface area contributed by atoms with Crippen LogP contribution in [0, 0.1) is 0 Å². The molecular formula is C69H50N38O2S2Si. The van der Waals surface area contributed by atoms with Gasteiger partial charge in [-0.25, -0.2) is 64.8 Å². The number of thiophene rings is 2. The third-order valence-corrected chi connectivity index (χ3v) is 21.9. The van der Waals surface area contributed by atoms with Crippen molar-refractivity contribution in [3.8, 4) is 169 Å². The molecule has 544 valence electrons. The van der Waals surface area contributed by atoms with E-state index < -0.39 is 14.0 Å². The summed E-state index contributed by atoms with van der Waals surface area (Å²) in [5, 5.41) is 106. The van der Waals surface area contributed by atoms with Crippen LogP contribution in [0.4, 0.5) is 0 Å². The van der Waals surface area contributed by atoms with Crippen LogP contribution in [0.15, 0.2) is 200 Å². The monoisotopic (exact) mass is 1530 g/mol. The molecule has 0 bridgehead atoms. The van der Waals surface area contributed by atoms with Gasteiger partial charge in [-0.1, -0.05) is 80.3 Å². The summed E-state index contributed by atoms with van der Waals surface area (Å²) < 4.78 is 1.50. The van der Waals surface area contributed by atoms with Crippen LogP contribution in [-0.4, -0.2) is 213 Å². The predicted octanol–water partition coefficient (Wildman–Crippen LogP) is 8.66. The maximum Gasteiger partial charge on any atom is 0.354 e. The molecule has 40 nitrogen and oxygen atoms in total. The second-order valence-electron chi connectivity index (χ2n) is 24.4. The lowest BCUT2D eigenvalue weighted by molar-refractivity contribution is 0.0690. The first kappa shape index (κ1) is 70.4. The molecule has 0 aromatic carbocycles. The average molecular weight is 1540 g/mol. The van der Waals surface area contributed by atoms with Crippen LogP contribution in [-0.2, 0) is 0 Å². The van der Waals surface area contributed by atoms with Gasteiger partial charge in [0.25, 0.3) is 0 Å². The molecule has 0 aliphatic heterocycles. The number of aromatic amines is 7. The molecule has 0 atom stereocenters. The Morgan fingerprint density at radius 1 is 0.295 bits per heavy atom.